The van der Waals surface area contributed by atoms with E-state index < -0.39 is 18.0 Å². The highest BCUT2D eigenvalue weighted by molar-refractivity contribution is 5.93. The van der Waals surface area contributed by atoms with Gasteiger partial charge in [-0.2, -0.15) is 0 Å². The van der Waals surface area contributed by atoms with Gasteiger partial charge in [0.15, 0.2) is 0 Å². The van der Waals surface area contributed by atoms with E-state index in [4.69, 9.17) is 9.47 Å². The van der Waals surface area contributed by atoms with Crippen molar-refractivity contribution < 1.29 is 23.9 Å². The number of methoxy groups -OCH3 is 1. The van der Waals surface area contributed by atoms with Gasteiger partial charge in [-0.3, -0.25) is 9.59 Å². The van der Waals surface area contributed by atoms with E-state index in [1.54, 1.807) is 39.0 Å². The highest BCUT2D eigenvalue weighted by Gasteiger charge is 2.25. The average molecular weight is 431 g/mol. The summed E-state index contributed by atoms with van der Waals surface area (Å²) < 4.78 is 11.3. The number of carbonyl (C=O) groups excluding carboxylic acids is 3. The van der Waals surface area contributed by atoms with Crippen LogP contribution in [0, 0.1) is 5.92 Å². The normalized spacial score (nSPS) is 11.9. The summed E-state index contributed by atoms with van der Waals surface area (Å²) in [6.45, 7) is 7.78. The van der Waals surface area contributed by atoms with Gasteiger partial charge in [-0.05, 0) is 38.0 Å². The number of nitrogens with one attached hydrogen (secondary N) is 1. The summed E-state index contributed by atoms with van der Waals surface area (Å²) >= 11 is 0. The molecule has 0 radical (unpaired) electrons. The maximum absolute atomic E-state index is 12.9. The first-order valence-corrected chi connectivity index (χ1v) is 10.3. The lowest BCUT2D eigenvalue weighted by molar-refractivity contribution is -0.146. The van der Waals surface area contributed by atoms with Crippen molar-refractivity contribution in [2.75, 3.05) is 13.7 Å². The van der Waals surface area contributed by atoms with Crippen LogP contribution in [0.15, 0.2) is 23.0 Å². The highest BCUT2D eigenvalue weighted by Crippen LogP contribution is 2.15. The molecule has 0 unspecified atom stereocenters. The number of nitrogens with zero attached hydrogens (tertiary/aromatic N) is 2. The molecule has 2 rings (SSSR count). The predicted molar refractivity (Wildman–Crippen MR) is 115 cm³/mol. The molecule has 9 heteroatoms. The quantitative estimate of drug-likeness (QED) is 0.602. The number of aryl methyl sites for hydroxylation is 2. The monoisotopic (exact) mass is 431 g/mol. The van der Waals surface area contributed by atoms with Crippen LogP contribution in [0.1, 0.15) is 50.2 Å². The van der Waals surface area contributed by atoms with Gasteiger partial charge in [-0.1, -0.05) is 13.8 Å². The van der Waals surface area contributed by atoms with E-state index in [0.29, 0.717) is 23.1 Å². The third kappa shape index (κ3) is 5.68. The molecule has 0 saturated heterocycles. The van der Waals surface area contributed by atoms with Crippen molar-refractivity contribution >= 4 is 28.9 Å². The number of hydrogen-bond donors (Lipinski definition) is 1. The molecule has 0 bridgehead atoms. The first kappa shape index (κ1) is 24.0. The smallest absolute Gasteiger partial charge is 0.338 e. The number of amides is 1. The lowest BCUT2D eigenvalue weighted by atomic mass is 10.0. The van der Waals surface area contributed by atoms with Gasteiger partial charge in [0.25, 0.3) is 5.56 Å². The largest absolute Gasteiger partial charge is 0.467 e. The average Bonchev–Trinajstić information content (AvgIpc) is 2.75. The number of carbonyl (C=O) groups is 3. The Bertz CT molecular complexity index is 1030. The minimum atomic E-state index is -0.754. The maximum Gasteiger partial charge on any atom is 0.338 e. The summed E-state index contributed by atoms with van der Waals surface area (Å²) in [4.78, 5) is 53.5. The van der Waals surface area contributed by atoms with Crippen molar-refractivity contribution in [3.63, 3.8) is 0 Å². The first-order valence-electron chi connectivity index (χ1n) is 10.3. The molecule has 1 amide bonds. The second kappa shape index (κ2) is 10.7. The zero-order chi connectivity index (χ0) is 23.1. The van der Waals surface area contributed by atoms with Gasteiger partial charge in [0.2, 0.25) is 5.91 Å². The zero-order valence-electron chi connectivity index (χ0n) is 18.6. The zero-order valence-corrected chi connectivity index (χ0v) is 18.6. The molecule has 168 valence electrons. The Morgan fingerprint density at radius 3 is 2.48 bits per heavy atom. The van der Waals surface area contributed by atoms with Gasteiger partial charge in [-0.25, -0.2) is 14.6 Å². The van der Waals surface area contributed by atoms with Crippen molar-refractivity contribution in [1.29, 1.82) is 0 Å². The van der Waals surface area contributed by atoms with Crippen LogP contribution in [-0.2, 0) is 32.0 Å². The van der Waals surface area contributed by atoms with Gasteiger partial charge >= 0.3 is 11.9 Å². The molecule has 0 aliphatic heterocycles. The van der Waals surface area contributed by atoms with Crippen LogP contribution < -0.4 is 10.9 Å². The Hall–Kier alpha value is -3.23. The number of aromatic nitrogens is 2. The van der Waals surface area contributed by atoms with Crippen LogP contribution >= 0.6 is 0 Å². The summed E-state index contributed by atoms with van der Waals surface area (Å²) in [5.41, 5.74) is 1.33. The fourth-order valence-electron chi connectivity index (χ4n) is 3.21. The summed E-state index contributed by atoms with van der Waals surface area (Å²) in [6, 6.07) is 4.09. The lowest BCUT2D eigenvalue weighted by Gasteiger charge is -2.19. The van der Waals surface area contributed by atoms with Gasteiger partial charge in [0, 0.05) is 19.4 Å². The predicted octanol–water partition coefficient (Wildman–Crippen LogP) is 1.84. The lowest BCUT2D eigenvalue weighted by Crippen LogP contribution is -2.45. The van der Waals surface area contributed by atoms with Gasteiger partial charge in [0.05, 0.1) is 30.3 Å². The van der Waals surface area contributed by atoms with Crippen LogP contribution in [0.2, 0.25) is 0 Å². The van der Waals surface area contributed by atoms with E-state index in [0.717, 1.165) is 0 Å². The van der Waals surface area contributed by atoms with E-state index in [1.165, 1.54) is 11.7 Å². The fourth-order valence-corrected chi connectivity index (χ4v) is 3.21. The van der Waals surface area contributed by atoms with Crippen molar-refractivity contribution in [2.45, 2.75) is 53.1 Å². The number of hydrogen-bond acceptors (Lipinski definition) is 7. The third-order valence-corrected chi connectivity index (χ3v) is 4.87. The topological polar surface area (TPSA) is 117 Å². The number of benzene rings is 1. The molecular formula is C22H29N3O6. The van der Waals surface area contributed by atoms with Crippen LogP contribution in [0.4, 0.5) is 0 Å². The molecule has 0 aliphatic rings. The fraction of sp³-hybridized carbons (Fsp3) is 0.500. The number of fused-ring (bicyclic) bond motifs is 1. The standard InChI is InChI=1S/C22H29N3O6/c1-6-25-17-12-14(21(28)31-7-2)8-9-15(17)23-16(20(25)27)10-11-18(26)24-19(13(3)4)22(29)30-5/h8-9,12-13,19H,6-7,10-11H2,1-5H3,(H,24,26)/t19-/m0/s1. The first-order chi connectivity index (χ1) is 14.7. The number of ether oxygens (including phenoxy) is 2. The molecule has 0 saturated carbocycles. The minimum absolute atomic E-state index is 0.00140. The second-order valence-corrected chi connectivity index (χ2v) is 7.34. The van der Waals surface area contributed by atoms with E-state index >= 15 is 0 Å². The Balaban J connectivity index is 2.26. The van der Waals surface area contributed by atoms with Crippen LogP contribution in [-0.4, -0.2) is 47.2 Å². The van der Waals surface area contributed by atoms with Gasteiger partial charge in [-0.15, -0.1) is 0 Å². The summed E-state index contributed by atoms with van der Waals surface area (Å²) in [6.07, 6.45) is 0.116. The second-order valence-electron chi connectivity index (χ2n) is 7.34. The van der Waals surface area contributed by atoms with Crippen molar-refractivity contribution in [1.82, 2.24) is 14.9 Å². The molecule has 1 aromatic heterocycles. The molecule has 1 heterocycles. The van der Waals surface area contributed by atoms with E-state index in [1.807, 2.05) is 6.92 Å². The molecule has 2 aromatic rings. The van der Waals surface area contributed by atoms with Gasteiger partial charge in [0.1, 0.15) is 11.7 Å². The Labute approximate surface area is 180 Å². The Morgan fingerprint density at radius 1 is 1.19 bits per heavy atom. The molecule has 9 nitrogen and oxygen atoms in total. The molecule has 0 fully saturated rings. The molecule has 31 heavy (non-hydrogen) atoms. The molecule has 1 atom stereocenters. The highest BCUT2D eigenvalue weighted by atomic mass is 16.5. The van der Waals surface area contributed by atoms with Crippen molar-refractivity contribution in [3.05, 3.63) is 39.8 Å². The van der Waals surface area contributed by atoms with Crippen molar-refractivity contribution in [2.24, 2.45) is 5.92 Å². The van der Waals surface area contributed by atoms with E-state index in [-0.39, 0.29) is 42.5 Å². The van der Waals surface area contributed by atoms with E-state index in [2.05, 4.69) is 10.3 Å². The maximum atomic E-state index is 12.9. The summed E-state index contributed by atoms with van der Waals surface area (Å²) in [7, 11) is 1.27. The molecule has 1 aromatic carbocycles. The Kier molecular flexibility index (Phi) is 8.30. The van der Waals surface area contributed by atoms with Crippen LogP contribution in [0.25, 0.3) is 11.0 Å². The van der Waals surface area contributed by atoms with Gasteiger partial charge < -0.3 is 19.4 Å². The van der Waals surface area contributed by atoms with Crippen LogP contribution in [0.5, 0.6) is 0 Å². The van der Waals surface area contributed by atoms with Crippen LogP contribution in [0.3, 0.4) is 0 Å². The Morgan fingerprint density at radius 2 is 1.90 bits per heavy atom. The number of esters is 2. The molecule has 0 aliphatic carbocycles. The third-order valence-electron chi connectivity index (χ3n) is 4.87. The summed E-state index contributed by atoms with van der Waals surface area (Å²) in [5.74, 6) is -1.49. The van der Waals surface area contributed by atoms with E-state index in [9.17, 15) is 19.2 Å². The SMILES string of the molecule is CCOC(=O)c1ccc2nc(CCC(=O)N[C@H](C(=O)OC)C(C)C)c(=O)n(CC)c2c1. The summed E-state index contributed by atoms with van der Waals surface area (Å²) in [5, 5.41) is 2.65. The molecule has 0 spiro atoms. The van der Waals surface area contributed by atoms with Crippen molar-refractivity contribution in [3.8, 4) is 0 Å². The molecular weight excluding hydrogens is 402 g/mol. The number of rotatable bonds is 9. The minimum Gasteiger partial charge on any atom is -0.467 e. The molecule has 1 N–H and O–H groups in total.